The molecule has 9 heteroatoms. The van der Waals surface area contributed by atoms with Gasteiger partial charge in [-0.25, -0.2) is 4.39 Å². The number of halogens is 2. The summed E-state index contributed by atoms with van der Waals surface area (Å²) in [5.74, 6) is -1.42. The van der Waals surface area contributed by atoms with E-state index in [9.17, 15) is 24.2 Å². The lowest BCUT2D eigenvalue weighted by atomic mass is 10.0. The molecule has 0 spiro atoms. The maximum atomic E-state index is 13.2. The van der Waals surface area contributed by atoms with Crippen molar-refractivity contribution in [2.45, 2.75) is 37.4 Å². The molecule has 2 amide bonds. The molecule has 4 unspecified atom stereocenters. The highest BCUT2D eigenvalue weighted by molar-refractivity contribution is 6.31. The van der Waals surface area contributed by atoms with Gasteiger partial charge in [0.15, 0.2) is 0 Å². The van der Waals surface area contributed by atoms with Gasteiger partial charge >= 0.3 is 0 Å². The summed E-state index contributed by atoms with van der Waals surface area (Å²) in [6, 6.07) is 13.0. The molecule has 1 fully saturated rings. The maximum absolute atomic E-state index is 13.2. The number of rotatable bonds is 7. The van der Waals surface area contributed by atoms with Gasteiger partial charge in [-0.1, -0.05) is 41.9 Å². The van der Waals surface area contributed by atoms with Crippen molar-refractivity contribution in [1.29, 1.82) is 0 Å². The highest BCUT2D eigenvalue weighted by atomic mass is 35.5. The average molecular weight is 451 g/mol. The number of nitrogens with one attached hydrogen (secondary N) is 1. The molecule has 2 aromatic rings. The largest absolute Gasteiger partial charge is 0.388 e. The molecule has 1 aliphatic rings. The van der Waals surface area contributed by atoms with Gasteiger partial charge in [0.25, 0.3) is 5.91 Å². The first-order valence-corrected chi connectivity index (χ1v) is 10.2. The van der Waals surface area contributed by atoms with E-state index in [1.165, 1.54) is 17.0 Å². The van der Waals surface area contributed by atoms with Crippen molar-refractivity contribution < 1.29 is 28.9 Å². The first kappa shape index (κ1) is 23.1. The smallest absolute Gasteiger partial charge is 0.251 e. The Kier molecular flexibility index (Phi) is 7.61. The quantitative estimate of drug-likeness (QED) is 0.597. The van der Waals surface area contributed by atoms with Gasteiger partial charge in [-0.3, -0.25) is 9.59 Å². The predicted octanol–water partition coefficient (Wildman–Crippen LogP) is 1.75. The fourth-order valence-electron chi connectivity index (χ4n) is 3.37. The van der Waals surface area contributed by atoms with Crippen LogP contribution in [0.25, 0.3) is 0 Å². The van der Waals surface area contributed by atoms with Crippen molar-refractivity contribution in [3.63, 3.8) is 0 Å². The van der Waals surface area contributed by atoms with Gasteiger partial charge in [0.05, 0.1) is 17.5 Å². The van der Waals surface area contributed by atoms with Crippen LogP contribution in [-0.4, -0.2) is 64.9 Å². The van der Waals surface area contributed by atoms with E-state index in [0.29, 0.717) is 6.54 Å². The van der Waals surface area contributed by atoms with Gasteiger partial charge < -0.3 is 25.2 Å². The first-order chi connectivity index (χ1) is 14.8. The summed E-state index contributed by atoms with van der Waals surface area (Å²) in [5.41, 5.74) is 1.11. The number of amides is 2. The van der Waals surface area contributed by atoms with Crippen molar-refractivity contribution >= 4 is 23.4 Å². The van der Waals surface area contributed by atoms with Gasteiger partial charge in [-0.05, 0) is 23.8 Å². The van der Waals surface area contributed by atoms with Crippen LogP contribution in [0.1, 0.15) is 22.3 Å². The number of ether oxygens (including phenoxy) is 1. The molecule has 4 atom stereocenters. The van der Waals surface area contributed by atoms with Gasteiger partial charge in [0.2, 0.25) is 5.91 Å². The minimum Gasteiger partial charge on any atom is -0.388 e. The maximum Gasteiger partial charge on any atom is 0.251 e. The zero-order chi connectivity index (χ0) is 22.5. The number of benzene rings is 2. The summed E-state index contributed by atoms with van der Waals surface area (Å²) >= 11 is 5.68. The molecular formula is C22H24ClFN2O5. The summed E-state index contributed by atoms with van der Waals surface area (Å²) in [4.78, 5) is 26.3. The number of nitrogens with zero attached hydrogens (tertiary/aromatic N) is 1. The molecule has 3 rings (SSSR count). The Morgan fingerprint density at radius 2 is 1.81 bits per heavy atom. The number of hydrogen-bond acceptors (Lipinski definition) is 5. The van der Waals surface area contributed by atoms with E-state index in [2.05, 4.69) is 5.32 Å². The minimum absolute atomic E-state index is 0.101. The highest BCUT2D eigenvalue weighted by Crippen LogP contribution is 2.24. The number of hydrogen-bond donors (Lipinski definition) is 3. The molecule has 7 nitrogen and oxygen atoms in total. The monoisotopic (exact) mass is 450 g/mol. The van der Waals surface area contributed by atoms with E-state index >= 15 is 0 Å². The van der Waals surface area contributed by atoms with E-state index in [-0.39, 0.29) is 29.5 Å². The Hall–Kier alpha value is -2.52. The van der Waals surface area contributed by atoms with Crippen molar-refractivity contribution in [3.05, 3.63) is 70.5 Å². The Morgan fingerprint density at radius 3 is 2.48 bits per heavy atom. The summed E-state index contributed by atoms with van der Waals surface area (Å²) in [5, 5.41) is 22.9. The molecule has 1 aliphatic heterocycles. The van der Waals surface area contributed by atoms with Crippen LogP contribution in [0.3, 0.4) is 0 Å². The lowest BCUT2D eigenvalue weighted by molar-refractivity contribution is -0.134. The number of carbonyl (C=O) groups is 2. The van der Waals surface area contributed by atoms with E-state index < -0.39 is 36.1 Å². The number of aliphatic hydroxyl groups excluding tert-OH is 2. The van der Waals surface area contributed by atoms with Crippen molar-refractivity contribution in [3.8, 4) is 0 Å². The first-order valence-electron chi connectivity index (χ1n) is 9.79. The summed E-state index contributed by atoms with van der Waals surface area (Å²) in [7, 11) is 1.65. The molecular weight excluding hydrogens is 427 g/mol. The normalized spacial score (nSPS) is 22.9. The second-order valence-electron chi connectivity index (χ2n) is 7.47. The summed E-state index contributed by atoms with van der Waals surface area (Å²) < 4.78 is 18.9. The zero-order valence-corrected chi connectivity index (χ0v) is 17.6. The van der Waals surface area contributed by atoms with E-state index in [1.807, 2.05) is 30.3 Å². The standard InChI is InChI=1S/C22H24ClFN2O5/c1-26(12-13-5-3-2-4-6-13)19(27)10-17-20(28)21(29)18(31-17)11-25-22(30)14-7-8-16(24)15(23)9-14/h2-9,17-18,20-21,28-29H,10-12H2,1H3,(H,25,30). The van der Waals surface area contributed by atoms with Gasteiger partial charge in [0, 0.05) is 25.7 Å². The third-order valence-electron chi connectivity index (χ3n) is 5.17. The lowest BCUT2D eigenvalue weighted by Gasteiger charge is -2.21. The summed E-state index contributed by atoms with van der Waals surface area (Å²) in [6.07, 6.45) is -4.44. The fourth-order valence-corrected chi connectivity index (χ4v) is 3.55. The zero-order valence-electron chi connectivity index (χ0n) is 16.9. The average Bonchev–Trinajstić information content (AvgIpc) is 3.02. The van der Waals surface area contributed by atoms with Gasteiger partial charge in [-0.2, -0.15) is 0 Å². The molecule has 0 saturated carbocycles. The van der Waals surface area contributed by atoms with E-state index in [1.54, 1.807) is 7.05 Å². The molecule has 2 aromatic carbocycles. The van der Waals surface area contributed by atoms with Crippen LogP contribution in [0, 0.1) is 5.82 Å². The Bertz CT molecular complexity index is 929. The van der Waals surface area contributed by atoms with Crippen LogP contribution < -0.4 is 5.32 Å². The Morgan fingerprint density at radius 1 is 1.13 bits per heavy atom. The SMILES string of the molecule is CN(Cc1ccccc1)C(=O)CC1OC(CNC(=O)c2ccc(F)c(Cl)c2)C(O)C1O. The molecule has 0 aromatic heterocycles. The third kappa shape index (κ3) is 5.80. The molecule has 166 valence electrons. The lowest BCUT2D eigenvalue weighted by Crippen LogP contribution is -2.40. The predicted molar refractivity (Wildman–Crippen MR) is 112 cm³/mol. The number of carbonyl (C=O) groups excluding carboxylic acids is 2. The minimum atomic E-state index is -1.27. The van der Waals surface area contributed by atoms with Crippen molar-refractivity contribution in [2.24, 2.45) is 0 Å². The van der Waals surface area contributed by atoms with Gasteiger partial charge in [-0.15, -0.1) is 0 Å². The molecule has 0 bridgehead atoms. The van der Waals surface area contributed by atoms with E-state index in [0.717, 1.165) is 11.6 Å². The number of aliphatic hydroxyl groups is 2. The molecule has 1 heterocycles. The second kappa shape index (κ2) is 10.2. The van der Waals surface area contributed by atoms with Crippen LogP contribution in [-0.2, 0) is 16.1 Å². The Balaban J connectivity index is 1.52. The third-order valence-corrected chi connectivity index (χ3v) is 5.46. The molecule has 3 N–H and O–H groups in total. The van der Waals surface area contributed by atoms with Crippen LogP contribution >= 0.6 is 11.6 Å². The highest BCUT2D eigenvalue weighted by Gasteiger charge is 2.43. The summed E-state index contributed by atoms with van der Waals surface area (Å²) in [6.45, 7) is 0.307. The molecule has 0 aliphatic carbocycles. The second-order valence-corrected chi connectivity index (χ2v) is 7.88. The van der Waals surface area contributed by atoms with Crippen LogP contribution in [0.2, 0.25) is 5.02 Å². The van der Waals surface area contributed by atoms with Crippen molar-refractivity contribution in [1.82, 2.24) is 10.2 Å². The van der Waals surface area contributed by atoms with Gasteiger partial charge in [0.1, 0.15) is 24.1 Å². The molecule has 1 saturated heterocycles. The fraction of sp³-hybridized carbons (Fsp3) is 0.364. The molecule has 31 heavy (non-hydrogen) atoms. The van der Waals surface area contributed by atoms with Crippen LogP contribution in [0.4, 0.5) is 4.39 Å². The Labute approximate surface area is 184 Å². The topological polar surface area (TPSA) is 99.1 Å². The molecule has 0 radical (unpaired) electrons. The van der Waals surface area contributed by atoms with Crippen LogP contribution in [0.15, 0.2) is 48.5 Å². The van der Waals surface area contributed by atoms with E-state index in [4.69, 9.17) is 16.3 Å². The van der Waals surface area contributed by atoms with Crippen molar-refractivity contribution in [2.75, 3.05) is 13.6 Å². The van der Waals surface area contributed by atoms with Crippen LogP contribution in [0.5, 0.6) is 0 Å².